The maximum atomic E-state index is 12.5. The fourth-order valence-electron chi connectivity index (χ4n) is 2.41. The summed E-state index contributed by atoms with van der Waals surface area (Å²) in [5.41, 5.74) is 2.27. The van der Waals surface area contributed by atoms with Crippen molar-refractivity contribution in [3.05, 3.63) is 59.7 Å². The SMILES string of the molecule is CCC(Oc1cccc(OC)c1)C(=O)NC(C)c1ccc(C)cc1. The molecular weight excluding hydrogens is 302 g/mol. The number of rotatable bonds is 7. The molecule has 0 fully saturated rings. The van der Waals surface area contributed by atoms with E-state index in [2.05, 4.69) is 5.32 Å². The Balaban J connectivity index is 2.01. The molecule has 24 heavy (non-hydrogen) atoms. The van der Waals surface area contributed by atoms with Crippen LogP contribution in [0, 0.1) is 6.92 Å². The molecule has 0 radical (unpaired) electrons. The molecule has 128 valence electrons. The predicted octanol–water partition coefficient (Wildman–Crippen LogP) is 4.04. The van der Waals surface area contributed by atoms with Crippen LogP contribution in [0.25, 0.3) is 0 Å². The minimum absolute atomic E-state index is 0.0685. The maximum Gasteiger partial charge on any atom is 0.261 e. The molecule has 0 spiro atoms. The Labute approximate surface area is 143 Å². The maximum absolute atomic E-state index is 12.5. The van der Waals surface area contributed by atoms with E-state index in [-0.39, 0.29) is 11.9 Å². The Morgan fingerprint density at radius 3 is 2.42 bits per heavy atom. The van der Waals surface area contributed by atoms with Crippen molar-refractivity contribution in [2.75, 3.05) is 7.11 Å². The molecule has 1 N–H and O–H groups in total. The van der Waals surface area contributed by atoms with E-state index < -0.39 is 6.10 Å². The van der Waals surface area contributed by atoms with Crippen LogP contribution in [0.3, 0.4) is 0 Å². The van der Waals surface area contributed by atoms with Crippen LogP contribution in [0.15, 0.2) is 48.5 Å². The van der Waals surface area contributed by atoms with Crippen LogP contribution in [0.2, 0.25) is 0 Å². The number of benzene rings is 2. The van der Waals surface area contributed by atoms with Crippen molar-refractivity contribution in [3.8, 4) is 11.5 Å². The Kier molecular flexibility index (Phi) is 6.24. The van der Waals surface area contributed by atoms with Gasteiger partial charge in [-0.15, -0.1) is 0 Å². The van der Waals surface area contributed by atoms with Crippen LogP contribution in [0.5, 0.6) is 11.5 Å². The quantitative estimate of drug-likeness (QED) is 0.835. The van der Waals surface area contributed by atoms with E-state index in [1.807, 2.05) is 63.2 Å². The van der Waals surface area contributed by atoms with E-state index in [1.165, 1.54) is 5.56 Å². The summed E-state index contributed by atoms with van der Waals surface area (Å²) in [5.74, 6) is 1.21. The normalized spacial score (nSPS) is 13.0. The van der Waals surface area contributed by atoms with E-state index >= 15 is 0 Å². The van der Waals surface area contributed by atoms with E-state index in [9.17, 15) is 4.79 Å². The van der Waals surface area contributed by atoms with E-state index in [0.717, 1.165) is 5.56 Å². The Hall–Kier alpha value is -2.49. The van der Waals surface area contributed by atoms with Gasteiger partial charge in [0, 0.05) is 6.07 Å². The first-order valence-electron chi connectivity index (χ1n) is 8.21. The van der Waals surface area contributed by atoms with Gasteiger partial charge >= 0.3 is 0 Å². The number of amides is 1. The summed E-state index contributed by atoms with van der Waals surface area (Å²) in [6.07, 6.45) is 0.0499. The molecule has 0 aliphatic rings. The lowest BCUT2D eigenvalue weighted by Gasteiger charge is -2.21. The molecule has 0 heterocycles. The number of hydrogen-bond acceptors (Lipinski definition) is 3. The topological polar surface area (TPSA) is 47.6 Å². The summed E-state index contributed by atoms with van der Waals surface area (Å²) in [5, 5.41) is 3.02. The molecule has 0 bridgehead atoms. The lowest BCUT2D eigenvalue weighted by atomic mass is 10.1. The van der Waals surface area contributed by atoms with Gasteiger partial charge in [-0.3, -0.25) is 4.79 Å². The Morgan fingerprint density at radius 2 is 1.79 bits per heavy atom. The number of methoxy groups -OCH3 is 1. The highest BCUT2D eigenvalue weighted by atomic mass is 16.5. The van der Waals surface area contributed by atoms with Gasteiger partial charge in [0.15, 0.2) is 6.10 Å². The number of hydrogen-bond donors (Lipinski definition) is 1. The zero-order valence-corrected chi connectivity index (χ0v) is 14.7. The van der Waals surface area contributed by atoms with Crippen LogP contribution in [-0.2, 0) is 4.79 Å². The number of carbonyl (C=O) groups is 1. The molecule has 1 amide bonds. The molecule has 4 heteroatoms. The molecule has 0 aliphatic heterocycles. The standard InChI is InChI=1S/C20H25NO3/c1-5-19(24-18-8-6-7-17(13-18)23-4)20(22)21-15(3)16-11-9-14(2)10-12-16/h6-13,15,19H,5H2,1-4H3,(H,21,22). The van der Waals surface area contributed by atoms with Crippen LogP contribution in [-0.4, -0.2) is 19.1 Å². The van der Waals surface area contributed by atoms with Gasteiger partial charge in [-0.25, -0.2) is 0 Å². The van der Waals surface area contributed by atoms with Gasteiger partial charge in [0.25, 0.3) is 5.91 Å². The van der Waals surface area contributed by atoms with Gasteiger partial charge in [0.05, 0.1) is 13.2 Å². The van der Waals surface area contributed by atoms with E-state index in [1.54, 1.807) is 13.2 Å². The van der Waals surface area contributed by atoms with Crippen molar-refractivity contribution < 1.29 is 14.3 Å². The van der Waals surface area contributed by atoms with Gasteiger partial charge in [-0.05, 0) is 38.0 Å². The molecule has 2 aromatic rings. The first-order chi connectivity index (χ1) is 11.5. The first-order valence-corrected chi connectivity index (χ1v) is 8.21. The minimum atomic E-state index is -0.537. The lowest BCUT2D eigenvalue weighted by molar-refractivity contribution is -0.128. The highest BCUT2D eigenvalue weighted by Gasteiger charge is 2.20. The largest absolute Gasteiger partial charge is 0.497 e. The van der Waals surface area contributed by atoms with Gasteiger partial charge in [0.2, 0.25) is 0 Å². The minimum Gasteiger partial charge on any atom is -0.497 e. The number of nitrogens with one attached hydrogen (secondary N) is 1. The van der Waals surface area contributed by atoms with Crippen molar-refractivity contribution >= 4 is 5.91 Å². The molecule has 2 aromatic carbocycles. The summed E-state index contributed by atoms with van der Waals surface area (Å²) < 4.78 is 11.0. The zero-order valence-electron chi connectivity index (χ0n) is 14.7. The number of carbonyl (C=O) groups excluding carboxylic acids is 1. The third-order valence-electron chi connectivity index (χ3n) is 3.92. The fourth-order valence-corrected chi connectivity index (χ4v) is 2.41. The van der Waals surface area contributed by atoms with Crippen molar-refractivity contribution in [1.82, 2.24) is 5.32 Å². The Morgan fingerprint density at radius 1 is 1.12 bits per heavy atom. The zero-order chi connectivity index (χ0) is 17.5. The van der Waals surface area contributed by atoms with Gasteiger partial charge in [0.1, 0.15) is 11.5 Å². The first kappa shape index (κ1) is 17.9. The number of aryl methyl sites for hydroxylation is 1. The van der Waals surface area contributed by atoms with Crippen molar-refractivity contribution in [1.29, 1.82) is 0 Å². The van der Waals surface area contributed by atoms with Gasteiger partial charge in [-0.1, -0.05) is 42.8 Å². The summed E-state index contributed by atoms with van der Waals surface area (Å²) in [4.78, 5) is 12.5. The summed E-state index contributed by atoms with van der Waals surface area (Å²) in [6.45, 7) is 5.95. The summed E-state index contributed by atoms with van der Waals surface area (Å²) >= 11 is 0. The van der Waals surface area contributed by atoms with Gasteiger partial charge in [-0.2, -0.15) is 0 Å². The second-order valence-electron chi connectivity index (χ2n) is 5.83. The van der Waals surface area contributed by atoms with Crippen LogP contribution < -0.4 is 14.8 Å². The summed E-state index contributed by atoms with van der Waals surface area (Å²) in [6, 6.07) is 15.4. The molecule has 4 nitrogen and oxygen atoms in total. The van der Waals surface area contributed by atoms with Crippen molar-refractivity contribution in [2.45, 2.75) is 39.3 Å². The highest BCUT2D eigenvalue weighted by Crippen LogP contribution is 2.21. The molecular formula is C20H25NO3. The van der Waals surface area contributed by atoms with Crippen LogP contribution in [0.1, 0.15) is 37.4 Å². The van der Waals surface area contributed by atoms with Crippen molar-refractivity contribution in [3.63, 3.8) is 0 Å². The molecule has 2 atom stereocenters. The molecule has 0 saturated heterocycles. The molecule has 0 aliphatic carbocycles. The van der Waals surface area contributed by atoms with Crippen LogP contribution >= 0.6 is 0 Å². The van der Waals surface area contributed by atoms with Gasteiger partial charge < -0.3 is 14.8 Å². The lowest BCUT2D eigenvalue weighted by Crippen LogP contribution is -2.39. The monoisotopic (exact) mass is 327 g/mol. The average Bonchev–Trinajstić information content (AvgIpc) is 2.60. The predicted molar refractivity (Wildman–Crippen MR) is 95.4 cm³/mol. The van der Waals surface area contributed by atoms with Crippen LogP contribution in [0.4, 0.5) is 0 Å². The van der Waals surface area contributed by atoms with E-state index in [0.29, 0.717) is 17.9 Å². The fraction of sp³-hybridized carbons (Fsp3) is 0.350. The molecule has 0 aromatic heterocycles. The van der Waals surface area contributed by atoms with E-state index in [4.69, 9.17) is 9.47 Å². The molecule has 2 rings (SSSR count). The van der Waals surface area contributed by atoms with Crippen molar-refractivity contribution in [2.24, 2.45) is 0 Å². The second kappa shape index (κ2) is 8.39. The average molecular weight is 327 g/mol. The molecule has 2 unspecified atom stereocenters. The molecule has 0 saturated carbocycles. The summed E-state index contributed by atoms with van der Waals surface area (Å²) in [7, 11) is 1.60. The third-order valence-corrected chi connectivity index (χ3v) is 3.92. The Bertz CT molecular complexity index is 667. The number of ether oxygens (including phenoxy) is 2. The third kappa shape index (κ3) is 4.75. The second-order valence-corrected chi connectivity index (χ2v) is 5.83. The highest BCUT2D eigenvalue weighted by molar-refractivity contribution is 5.81. The smallest absolute Gasteiger partial charge is 0.261 e.